The van der Waals surface area contributed by atoms with Gasteiger partial charge in [0.25, 0.3) is 0 Å². The molecular weight excluding hydrogens is 274 g/mol. The zero-order valence-corrected chi connectivity index (χ0v) is 13.0. The third-order valence-corrected chi connectivity index (χ3v) is 3.64. The third-order valence-electron chi connectivity index (χ3n) is 2.75. The van der Waals surface area contributed by atoms with Crippen LogP contribution < -0.4 is 0 Å². The number of ether oxygens (including phenoxy) is 1. The van der Waals surface area contributed by atoms with E-state index in [1.54, 1.807) is 16.3 Å². The maximum atomic E-state index is 11.9. The largest absolute Gasteiger partial charge is 0.461 e. The first-order valence-corrected chi connectivity index (χ1v) is 7.35. The number of aromatic nitrogens is 3. The van der Waals surface area contributed by atoms with Crippen molar-refractivity contribution >= 4 is 17.3 Å². The van der Waals surface area contributed by atoms with Crippen molar-refractivity contribution < 1.29 is 9.53 Å². The maximum absolute atomic E-state index is 11.9. The van der Waals surface area contributed by atoms with Gasteiger partial charge in [0.15, 0.2) is 5.69 Å². The fourth-order valence-electron chi connectivity index (χ4n) is 1.56. The summed E-state index contributed by atoms with van der Waals surface area (Å²) in [6, 6.07) is 0. The van der Waals surface area contributed by atoms with E-state index in [4.69, 9.17) is 4.74 Å². The summed E-state index contributed by atoms with van der Waals surface area (Å²) < 4.78 is 6.95. The first kappa shape index (κ1) is 14.7. The number of aryl methyl sites for hydroxylation is 1. The lowest BCUT2D eigenvalue weighted by Gasteiger charge is -2.17. The maximum Gasteiger partial charge on any atom is 0.357 e. The van der Waals surface area contributed by atoms with Crippen LogP contribution in [-0.2, 0) is 11.8 Å². The van der Waals surface area contributed by atoms with Gasteiger partial charge in [-0.3, -0.25) is 4.68 Å². The molecule has 2 heterocycles. The van der Waals surface area contributed by atoms with Gasteiger partial charge in [-0.25, -0.2) is 9.78 Å². The highest BCUT2D eigenvalue weighted by atomic mass is 32.1. The molecule has 0 amide bonds. The minimum absolute atomic E-state index is 0.156. The molecule has 20 heavy (non-hydrogen) atoms. The first-order chi connectivity index (χ1) is 9.35. The van der Waals surface area contributed by atoms with Crippen LogP contribution in [0.25, 0.3) is 10.6 Å². The van der Waals surface area contributed by atoms with E-state index in [2.05, 4.69) is 30.9 Å². The number of nitrogens with zero attached hydrogens (tertiary/aromatic N) is 3. The zero-order chi connectivity index (χ0) is 14.8. The molecule has 2 aromatic rings. The summed E-state index contributed by atoms with van der Waals surface area (Å²) in [6.07, 6.45) is 4.43. The second-order valence-corrected chi connectivity index (χ2v) is 6.75. The van der Waals surface area contributed by atoms with Gasteiger partial charge in [0.2, 0.25) is 0 Å². The van der Waals surface area contributed by atoms with Gasteiger partial charge in [0, 0.05) is 24.2 Å². The van der Waals surface area contributed by atoms with Crippen molar-refractivity contribution in [1.82, 2.24) is 14.8 Å². The van der Waals surface area contributed by atoms with Crippen LogP contribution in [0.3, 0.4) is 0 Å². The monoisotopic (exact) mass is 293 g/mol. The van der Waals surface area contributed by atoms with E-state index in [0.29, 0.717) is 12.3 Å². The van der Waals surface area contributed by atoms with Gasteiger partial charge in [-0.05, 0) is 11.8 Å². The Labute approximate surface area is 122 Å². The van der Waals surface area contributed by atoms with E-state index < -0.39 is 0 Å². The summed E-state index contributed by atoms with van der Waals surface area (Å²) in [7, 11) is 1.85. The van der Waals surface area contributed by atoms with Crippen molar-refractivity contribution in [1.29, 1.82) is 0 Å². The Balaban J connectivity index is 1.96. The number of carbonyl (C=O) groups is 1. The lowest BCUT2D eigenvalue weighted by molar-refractivity contribution is 0.0459. The average molecular weight is 293 g/mol. The molecule has 0 aliphatic carbocycles. The molecule has 0 radical (unpaired) electrons. The Morgan fingerprint density at radius 3 is 2.80 bits per heavy atom. The van der Waals surface area contributed by atoms with Crippen molar-refractivity contribution in [3.63, 3.8) is 0 Å². The minimum atomic E-state index is -0.361. The highest BCUT2D eigenvalue weighted by molar-refractivity contribution is 7.13. The second-order valence-electron chi connectivity index (χ2n) is 5.89. The number of hydrogen-bond donors (Lipinski definition) is 0. The Morgan fingerprint density at radius 1 is 1.45 bits per heavy atom. The molecule has 0 aliphatic rings. The van der Waals surface area contributed by atoms with E-state index in [1.165, 1.54) is 11.3 Å². The summed E-state index contributed by atoms with van der Waals surface area (Å²) in [4.78, 5) is 16.2. The molecule has 0 atom stereocenters. The van der Waals surface area contributed by atoms with Crippen LogP contribution in [-0.4, -0.2) is 27.3 Å². The van der Waals surface area contributed by atoms with Crippen molar-refractivity contribution in [2.45, 2.75) is 27.2 Å². The summed E-state index contributed by atoms with van der Waals surface area (Å²) >= 11 is 1.42. The fraction of sp³-hybridized carbons (Fsp3) is 0.500. The van der Waals surface area contributed by atoms with E-state index in [9.17, 15) is 4.79 Å². The zero-order valence-electron chi connectivity index (χ0n) is 12.2. The lowest BCUT2D eigenvalue weighted by Crippen LogP contribution is -2.13. The van der Waals surface area contributed by atoms with Crippen LogP contribution in [0.5, 0.6) is 0 Å². The van der Waals surface area contributed by atoms with Gasteiger partial charge in [0.05, 0.1) is 12.8 Å². The number of hydrogen-bond acceptors (Lipinski definition) is 5. The normalized spacial score (nSPS) is 11.6. The van der Waals surface area contributed by atoms with Crippen molar-refractivity contribution in [3.05, 3.63) is 23.5 Å². The van der Waals surface area contributed by atoms with Gasteiger partial charge in [-0.1, -0.05) is 20.8 Å². The van der Waals surface area contributed by atoms with E-state index >= 15 is 0 Å². The van der Waals surface area contributed by atoms with Gasteiger partial charge < -0.3 is 4.74 Å². The number of carbonyl (C=O) groups excluding carboxylic acids is 1. The molecule has 6 heteroatoms. The van der Waals surface area contributed by atoms with Gasteiger partial charge >= 0.3 is 5.97 Å². The Bertz CT molecular complexity index is 596. The summed E-state index contributed by atoms with van der Waals surface area (Å²) in [6.45, 7) is 6.76. The van der Waals surface area contributed by atoms with Crippen LogP contribution in [0, 0.1) is 5.41 Å². The molecule has 0 saturated heterocycles. The molecule has 2 aromatic heterocycles. The minimum Gasteiger partial charge on any atom is -0.461 e. The van der Waals surface area contributed by atoms with Crippen molar-refractivity contribution in [2.75, 3.05) is 6.61 Å². The predicted molar refractivity (Wildman–Crippen MR) is 78.7 cm³/mol. The van der Waals surface area contributed by atoms with Crippen LogP contribution in [0.1, 0.15) is 37.7 Å². The smallest absolute Gasteiger partial charge is 0.357 e. The SMILES string of the molecule is Cn1cc(-c2nc(C(=O)OCCC(C)(C)C)cs2)cn1. The summed E-state index contributed by atoms with van der Waals surface area (Å²) in [5.41, 5.74) is 1.43. The molecule has 0 saturated carbocycles. The van der Waals surface area contributed by atoms with Crippen LogP contribution in [0.2, 0.25) is 0 Å². The van der Waals surface area contributed by atoms with Crippen molar-refractivity contribution in [2.24, 2.45) is 12.5 Å². The second kappa shape index (κ2) is 5.75. The van der Waals surface area contributed by atoms with E-state index in [1.807, 2.05) is 13.2 Å². The third kappa shape index (κ3) is 3.90. The van der Waals surface area contributed by atoms with Gasteiger partial charge in [-0.15, -0.1) is 11.3 Å². The topological polar surface area (TPSA) is 57.0 Å². The van der Waals surface area contributed by atoms with E-state index in [0.717, 1.165) is 17.0 Å². The van der Waals surface area contributed by atoms with Crippen LogP contribution in [0.15, 0.2) is 17.8 Å². The van der Waals surface area contributed by atoms with Gasteiger partial charge in [-0.2, -0.15) is 5.10 Å². The first-order valence-electron chi connectivity index (χ1n) is 6.47. The predicted octanol–water partition coefficient (Wildman–Crippen LogP) is 3.14. The Kier molecular flexibility index (Phi) is 4.23. The van der Waals surface area contributed by atoms with Gasteiger partial charge in [0.1, 0.15) is 5.01 Å². The number of esters is 1. The fourth-order valence-corrected chi connectivity index (χ4v) is 2.32. The van der Waals surface area contributed by atoms with Crippen molar-refractivity contribution in [3.8, 4) is 10.6 Å². The standard InChI is InChI=1S/C14H19N3O2S/c1-14(2,3)5-6-19-13(18)11-9-20-12(16-11)10-7-15-17(4)8-10/h7-9H,5-6H2,1-4H3. The Hall–Kier alpha value is -1.69. The molecule has 108 valence electrons. The Morgan fingerprint density at radius 2 is 2.20 bits per heavy atom. The molecule has 2 rings (SSSR count). The quantitative estimate of drug-likeness (QED) is 0.813. The molecule has 0 bridgehead atoms. The van der Waals surface area contributed by atoms with Crippen LogP contribution in [0.4, 0.5) is 0 Å². The molecule has 0 fully saturated rings. The lowest BCUT2D eigenvalue weighted by atomic mass is 9.93. The number of thiazole rings is 1. The molecule has 0 unspecified atom stereocenters. The van der Waals surface area contributed by atoms with Crippen LogP contribution >= 0.6 is 11.3 Å². The molecular formula is C14H19N3O2S. The molecule has 0 spiro atoms. The summed E-state index contributed by atoms with van der Waals surface area (Å²) in [5.74, 6) is -0.361. The molecule has 0 aliphatic heterocycles. The molecule has 5 nitrogen and oxygen atoms in total. The average Bonchev–Trinajstić information content (AvgIpc) is 2.95. The number of rotatable bonds is 4. The highest BCUT2D eigenvalue weighted by Crippen LogP contribution is 2.23. The highest BCUT2D eigenvalue weighted by Gasteiger charge is 2.16. The summed E-state index contributed by atoms with van der Waals surface area (Å²) in [5, 5.41) is 6.59. The van der Waals surface area contributed by atoms with E-state index in [-0.39, 0.29) is 11.4 Å². The molecule has 0 aromatic carbocycles. The molecule has 0 N–H and O–H groups in total.